The normalized spacial score (nSPS) is 16.0. The highest BCUT2D eigenvalue weighted by Crippen LogP contribution is 2.27. The van der Waals surface area contributed by atoms with Crippen molar-refractivity contribution in [2.24, 2.45) is 5.92 Å². The molecule has 1 aliphatic heterocycles. The molecule has 1 unspecified atom stereocenters. The van der Waals surface area contributed by atoms with Crippen LogP contribution in [0.3, 0.4) is 0 Å². The number of piperidine rings is 1. The average molecular weight is 396 g/mol. The van der Waals surface area contributed by atoms with Gasteiger partial charge in [-0.05, 0) is 37.1 Å². The van der Waals surface area contributed by atoms with Crippen LogP contribution in [0.4, 0.5) is 11.4 Å². The number of hydrogen-bond donors (Lipinski definition) is 2. The maximum Gasteiger partial charge on any atom is 0.228 e. The number of carbonyl (C=O) groups is 1. The minimum Gasteiger partial charge on any atom is -0.369 e. The standard InChI is InChI=1S/C20H25N3O.2ClH/c1-23(15-16-8-3-2-4-9-16)19-12-6-5-11-18(19)22-20(24)17-10-7-13-21-14-17;;/h2-6,8-9,11-12,17,21H,7,10,13-15H2,1H3,(H,22,24);2*1H. The number of carbonyl (C=O) groups excluding carboxylic acids is 1. The van der Waals surface area contributed by atoms with E-state index < -0.39 is 0 Å². The molecule has 26 heavy (non-hydrogen) atoms. The number of hydrogen-bond acceptors (Lipinski definition) is 3. The Labute approximate surface area is 168 Å². The second kappa shape index (κ2) is 11.1. The van der Waals surface area contributed by atoms with Crippen molar-refractivity contribution in [3.8, 4) is 0 Å². The van der Waals surface area contributed by atoms with Gasteiger partial charge in [-0.2, -0.15) is 0 Å². The molecule has 142 valence electrons. The zero-order chi connectivity index (χ0) is 16.8. The Hall–Kier alpha value is -1.75. The summed E-state index contributed by atoms with van der Waals surface area (Å²) in [5.41, 5.74) is 3.17. The molecule has 0 aliphatic carbocycles. The average Bonchev–Trinajstić information content (AvgIpc) is 2.63. The fraction of sp³-hybridized carbons (Fsp3) is 0.350. The lowest BCUT2D eigenvalue weighted by Crippen LogP contribution is -2.37. The first-order valence-corrected chi connectivity index (χ1v) is 8.60. The first-order valence-electron chi connectivity index (χ1n) is 8.60. The van der Waals surface area contributed by atoms with Gasteiger partial charge in [0.2, 0.25) is 5.91 Å². The third-order valence-electron chi connectivity index (χ3n) is 4.50. The molecule has 0 radical (unpaired) electrons. The van der Waals surface area contributed by atoms with Gasteiger partial charge in [0.25, 0.3) is 0 Å². The lowest BCUT2D eigenvalue weighted by Gasteiger charge is -2.25. The van der Waals surface area contributed by atoms with Crippen LogP contribution in [0.15, 0.2) is 54.6 Å². The number of amides is 1. The summed E-state index contributed by atoms with van der Waals surface area (Å²) in [5.74, 6) is 0.175. The summed E-state index contributed by atoms with van der Waals surface area (Å²) < 4.78 is 0. The molecular formula is C20H27Cl2N3O. The van der Waals surface area contributed by atoms with Gasteiger partial charge in [-0.25, -0.2) is 0 Å². The lowest BCUT2D eigenvalue weighted by atomic mass is 9.98. The predicted octanol–water partition coefficient (Wildman–Crippen LogP) is 4.10. The highest BCUT2D eigenvalue weighted by Gasteiger charge is 2.21. The smallest absolute Gasteiger partial charge is 0.228 e. The van der Waals surface area contributed by atoms with E-state index in [0.717, 1.165) is 43.9 Å². The number of para-hydroxylation sites is 2. The fourth-order valence-electron chi connectivity index (χ4n) is 3.17. The van der Waals surface area contributed by atoms with Gasteiger partial charge in [0.15, 0.2) is 0 Å². The van der Waals surface area contributed by atoms with E-state index in [0.29, 0.717) is 0 Å². The van der Waals surface area contributed by atoms with E-state index in [1.54, 1.807) is 0 Å². The summed E-state index contributed by atoms with van der Waals surface area (Å²) in [7, 11) is 2.06. The fourth-order valence-corrected chi connectivity index (χ4v) is 3.17. The van der Waals surface area contributed by atoms with Crippen LogP contribution in [0.1, 0.15) is 18.4 Å². The summed E-state index contributed by atoms with van der Waals surface area (Å²) in [5, 5.41) is 6.43. The SMILES string of the molecule is CN(Cc1ccccc1)c1ccccc1NC(=O)C1CCCNC1.Cl.Cl. The van der Waals surface area contributed by atoms with Gasteiger partial charge in [-0.3, -0.25) is 4.79 Å². The first-order chi connectivity index (χ1) is 11.7. The zero-order valence-corrected chi connectivity index (χ0v) is 16.6. The molecule has 1 atom stereocenters. The van der Waals surface area contributed by atoms with Gasteiger partial charge in [-0.15, -0.1) is 24.8 Å². The quantitative estimate of drug-likeness (QED) is 0.800. The predicted molar refractivity (Wildman–Crippen MR) is 114 cm³/mol. The number of nitrogens with zero attached hydrogens (tertiary/aromatic N) is 1. The van der Waals surface area contributed by atoms with Crippen LogP contribution < -0.4 is 15.5 Å². The summed E-state index contributed by atoms with van der Waals surface area (Å²) in [6.45, 7) is 2.59. The molecule has 1 amide bonds. The first kappa shape index (κ1) is 22.3. The van der Waals surface area contributed by atoms with E-state index in [1.807, 2.05) is 36.4 Å². The summed E-state index contributed by atoms with van der Waals surface area (Å²) in [6, 6.07) is 18.4. The van der Waals surface area contributed by atoms with Crippen LogP contribution in [0.2, 0.25) is 0 Å². The Bertz CT molecular complexity index is 676. The van der Waals surface area contributed by atoms with Gasteiger partial charge >= 0.3 is 0 Å². The minimum absolute atomic E-state index is 0. The molecule has 4 nitrogen and oxygen atoms in total. The lowest BCUT2D eigenvalue weighted by molar-refractivity contribution is -0.120. The molecule has 1 fully saturated rings. The molecule has 1 heterocycles. The summed E-state index contributed by atoms with van der Waals surface area (Å²) >= 11 is 0. The zero-order valence-electron chi connectivity index (χ0n) is 15.0. The van der Waals surface area contributed by atoms with Gasteiger partial charge in [0.1, 0.15) is 0 Å². The molecule has 0 saturated carbocycles. The van der Waals surface area contributed by atoms with Crippen molar-refractivity contribution < 1.29 is 4.79 Å². The second-order valence-corrected chi connectivity index (χ2v) is 6.39. The van der Waals surface area contributed by atoms with E-state index in [2.05, 4.69) is 40.8 Å². The van der Waals surface area contributed by atoms with Crippen LogP contribution in [0.25, 0.3) is 0 Å². The summed E-state index contributed by atoms with van der Waals surface area (Å²) in [4.78, 5) is 14.7. The van der Waals surface area contributed by atoms with Crippen LogP contribution in [-0.2, 0) is 11.3 Å². The minimum atomic E-state index is 0. The van der Waals surface area contributed by atoms with Crippen molar-refractivity contribution in [3.05, 3.63) is 60.2 Å². The molecule has 0 spiro atoms. The Morgan fingerprint density at radius 1 is 1.12 bits per heavy atom. The van der Waals surface area contributed by atoms with E-state index in [9.17, 15) is 4.79 Å². The van der Waals surface area contributed by atoms with E-state index in [1.165, 1.54) is 5.56 Å². The molecular weight excluding hydrogens is 369 g/mol. The summed E-state index contributed by atoms with van der Waals surface area (Å²) in [6.07, 6.45) is 2.02. The van der Waals surface area contributed by atoms with Gasteiger partial charge < -0.3 is 15.5 Å². The van der Waals surface area contributed by atoms with Gasteiger partial charge in [-0.1, -0.05) is 42.5 Å². The van der Waals surface area contributed by atoms with Crippen LogP contribution >= 0.6 is 24.8 Å². The van der Waals surface area contributed by atoms with Crippen molar-refractivity contribution in [3.63, 3.8) is 0 Å². The van der Waals surface area contributed by atoms with E-state index >= 15 is 0 Å². The Morgan fingerprint density at radius 3 is 2.50 bits per heavy atom. The van der Waals surface area contributed by atoms with Crippen LogP contribution in [0, 0.1) is 5.92 Å². The molecule has 3 rings (SSSR count). The maximum atomic E-state index is 12.5. The molecule has 0 aromatic heterocycles. The molecule has 1 aliphatic rings. The number of nitrogens with one attached hydrogen (secondary N) is 2. The molecule has 6 heteroatoms. The van der Waals surface area contributed by atoms with Crippen molar-refractivity contribution in [1.82, 2.24) is 5.32 Å². The monoisotopic (exact) mass is 395 g/mol. The maximum absolute atomic E-state index is 12.5. The Balaban J connectivity index is 0.00000169. The molecule has 2 N–H and O–H groups in total. The number of benzene rings is 2. The third-order valence-corrected chi connectivity index (χ3v) is 4.50. The van der Waals surface area contributed by atoms with Crippen molar-refractivity contribution in [2.75, 3.05) is 30.4 Å². The van der Waals surface area contributed by atoms with Gasteiger partial charge in [0, 0.05) is 20.1 Å². The third kappa shape index (κ3) is 5.90. The highest BCUT2D eigenvalue weighted by atomic mass is 35.5. The van der Waals surface area contributed by atoms with Crippen LogP contribution in [-0.4, -0.2) is 26.0 Å². The van der Waals surface area contributed by atoms with E-state index in [4.69, 9.17) is 0 Å². The van der Waals surface area contributed by atoms with Crippen LogP contribution in [0.5, 0.6) is 0 Å². The topological polar surface area (TPSA) is 44.4 Å². The van der Waals surface area contributed by atoms with Crippen molar-refractivity contribution in [1.29, 1.82) is 0 Å². The van der Waals surface area contributed by atoms with Gasteiger partial charge in [0.05, 0.1) is 17.3 Å². The molecule has 1 saturated heterocycles. The highest BCUT2D eigenvalue weighted by molar-refractivity contribution is 5.96. The largest absolute Gasteiger partial charge is 0.369 e. The number of rotatable bonds is 5. The van der Waals surface area contributed by atoms with Crippen molar-refractivity contribution in [2.45, 2.75) is 19.4 Å². The van der Waals surface area contributed by atoms with E-state index in [-0.39, 0.29) is 36.6 Å². The Morgan fingerprint density at radius 2 is 1.81 bits per heavy atom. The molecule has 2 aromatic carbocycles. The second-order valence-electron chi connectivity index (χ2n) is 6.39. The van der Waals surface area contributed by atoms with Crippen molar-refractivity contribution >= 4 is 42.1 Å². The Kier molecular flexibility index (Phi) is 9.49. The molecule has 2 aromatic rings. The number of halogens is 2. The number of anilines is 2. The molecule has 0 bridgehead atoms.